The Hall–Kier alpha value is -2.93. The first-order chi connectivity index (χ1) is 12.8. The molecule has 7 heteroatoms. The zero-order valence-corrected chi connectivity index (χ0v) is 14.4. The van der Waals surface area contributed by atoms with Crippen LogP contribution < -0.4 is 0 Å². The predicted molar refractivity (Wildman–Crippen MR) is 95.2 cm³/mol. The van der Waals surface area contributed by atoms with E-state index in [-0.39, 0.29) is 5.78 Å². The summed E-state index contributed by atoms with van der Waals surface area (Å²) in [6.45, 7) is 0.826. The second-order valence-corrected chi connectivity index (χ2v) is 6.16. The molecule has 4 nitrogen and oxygen atoms in total. The Labute approximate surface area is 153 Å². The van der Waals surface area contributed by atoms with Crippen molar-refractivity contribution in [3.63, 3.8) is 0 Å². The lowest BCUT2D eigenvalue weighted by Gasteiger charge is -2.14. The first-order valence-electron chi connectivity index (χ1n) is 8.24. The summed E-state index contributed by atoms with van der Waals surface area (Å²) in [7, 11) is 0. The van der Waals surface area contributed by atoms with E-state index in [0.717, 1.165) is 15.8 Å². The van der Waals surface area contributed by atoms with E-state index in [1.54, 1.807) is 30.3 Å². The van der Waals surface area contributed by atoms with E-state index in [1.165, 1.54) is 13.1 Å². The first kappa shape index (κ1) is 18.8. The van der Waals surface area contributed by atoms with Crippen LogP contribution in [0.5, 0.6) is 0 Å². The molecular weight excluding hydrogens is 357 g/mol. The molecule has 140 valence electrons. The lowest BCUT2D eigenvalue weighted by atomic mass is 9.96. The summed E-state index contributed by atoms with van der Waals surface area (Å²) < 4.78 is 38.5. The van der Waals surface area contributed by atoms with Crippen molar-refractivity contribution in [2.24, 2.45) is 0 Å². The molecule has 1 heterocycles. The predicted octanol–water partition coefficient (Wildman–Crippen LogP) is 4.34. The van der Waals surface area contributed by atoms with Gasteiger partial charge in [-0.2, -0.15) is 18.3 Å². The highest BCUT2D eigenvalue weighted by Gasteiger charge is 2.38. The summed E-state index contributed by atoms with van der Waals surface area (Å²) in [6, 6.07) is 16.1. The monoisotopic (exact) mass is 374 g/mol. The van der Waals surface area contributed by atoms with Crippen LogP contribution in [0.1, 0.15) is 17.3 Å². The summed E-state index contributed by atoms with van der Waals surface area (Å²) in [4.78, 5) is 11.9. The molecule has 1 atom stereocenters. The van der Waals surface area contributed by atoms with Gasteiger partial charge in [0.15, 0.2) is 11.9 Å². The highest BCUT2D eigenvalue weighted by Crippen LogP contribution is 2.28. The molecule has 2 aromatic carbocycles. The summed E-state index contributed by atoms with van der Waals surface area (Å²) in [5.41, 5.74) is 3.35. The van der Waals surface area contributed by atoms with Gasteiger partial charge in [0.1, 0.15) is 0 Å². The SMILES string of the molecule is CC(=O)c1ccccc1-c1cccc(-c2ccn(C[C@H](O)C(F)(F)F)n2)c1. The molecule has 3 rings (SSSR count). The van der Waals surface area contributed by atoms with Gasteiger partial charge in [0.2, 0.25) is 0 Å². The molecule has 0 fully saturated rings. The van der Waals surface area contributed by atoms with Crippen LogP contribution in [0.2, 0.25) is 0 Å². The number of aromatic nitrogens is 2. The smallest absolute Gasteiger partial charge is 0.382 e. The largest absolute Gasteiger partial charge is 0.416 e. The quantitative estimate of drug-likeness (QED) is 0.676. The highest BCUT2D eigenvalue weighted by atomic mass is 19.4. The fourth-order valence-electron chi connectivity index (χ4n) is 2.79. The number of benzene rings is 2. The molecule has 0 saturated heterocycles. The maximum Gasteiger partial charge on any atom is 0.416 e. The minimum absolute atomic E-state index is 0.0542. The summed E-state index contributed by atoms with van der Waals surface area (Å²) in [5, 5.41) is 13.3. The van der Waals surface area contributed by atoms with Gasteiger partial charge in [-0.1, -0.05) is 42.5 Å². The van der Waals surface area contributed by atoms with Crippen molar-refractivity contribution in [1.29, 1.82) is 0 Å². The minimum Gasteiger partial charge on any atom is -0.382 e. The number of hydrogen-bond acceptors (Lipinski definition) is 3. The van der Waals surface area contributed by atoms with E-state index in [0.29, 0.717) is 16.8 Å². The van der Waals surface area contributed by atoms with E-state index >= 15 is 0 Å². The van der Waals surface area contributed by atoms with Crippen molar-refractivity contribution in [1.82, 2.24) is 9.78 Å². The molecule has 0 bridgehead atoms. The van der Waals surface area contributed by atoms with Crippen LogP contribution in [0, 0.1) is 0 Å². The van der Waals surface area contributed by atoms with Gasteiger partial charge in [-0.25, -0.2) is 0 Å². The summed E-state index contributed by atoms with van der Waals surface area (Å²) in [6.07, 6.45) is -5.78. The van der Waals surface area contributed by atoms with E-state index in [2.05, 4.69) is 5.10 Å². The molecule has 27 heavy (non-hydrogen) atoms. The number of aliphatic hydroxyl groups is 1. The third-order valence-electron chi connectivity index (χ3n) is 4.15. The van der Waals surface area contributed by atoms with Crippen molar-refractivity contribution in [3.05, 3.63) is 66.4 Å². The maximum absolute atomic E-state index is 12.5. The Balaban J connectivity index is 1.90. The Morgan fingerprint density at radius 1 is 1.11 bits per heavy atom. The molecule has 0 saturated carbocycles. The summed E-state index contributed by atoms with van der Waals surface area (Å²) in [5.74, 6) is -0.0542. The maximum atomic E-state index is 12.5. The van der Waals surface area contributed by atoms with Crippen LogP contribution in [0.25, 0.3) is 22.4 Å². The molecule has 0 radical (unpaired) electrons. The number of rotatable bonds is 5. The standard InChI is InChI=1S/C20H17F3N2O2/c1-13(26)16-7-2-3-8-17(16)14-5-4-6-15(11-14)18-9-10-25(24-18)12-19(27)20(21,22)23/h2-11,19,27H,12H2,1H3/t19-/m0/s1. The fraction of sp³-hybridized carbons (Fsp3) is 0.200. The van der Waals surface area contributed by atoms with Crippen molar-refractivity contribution >= 4 is 5.78 Å². The molecule has 0 aliphatic carbocycles. The Bertz CT molecular complexity index is 964. The minimum atomic E-state index is -4.69. The fourth-order valence-corrected chi connectivity index (χ4v) is 2.79. The average molecular weight is 374 g/mol. The first-order valence-corrected chi connectivity index (χ1v) is 8.24. The van der Waals surface area contributed by atoms with Crippen molar-refractivity contribution < 1.29 is 23.1 Å². The Kier molecular flexibility index (Phi) is 5.14. The number of halogens is 3. The number of ketones is 1. The zero-order valence-electron chi connectivity index (χ0n) is 14.4. The van der Waals surface area contributed by atoms with Gasteiger partial charge < -0.3 is 5.11 Å². The third kappa shape index (κ3) is 4.25. The van der Waals surface area contributed by atoms with Crippen LogP contribution in [0.15, 0.2) is 60.8 Å². The van der Waals surface area contributed by atoms with Gasteiger partial charge >= 0.3 is 6.18 Å². The molecule has 0 unspecified atom stereocenters. The molecule has 0 amide bonds. The van der Waals surface area contributed by atoms with Crippen LogP contribution in [-0.4, -0.2) is 33.0 Å². The molecule has 1 N–H and O–H groups in total. The van der Waals surface area contributed by atoms with Gasteiger partial charge in [0.05, 0.1) is 12.2 Å². The lowest BCUT2D eigenvalue weighted by Crippen LogP contribution is -2.32. The van der Waals surface area contributed by atoms with E-state index in [9.17, 15) is 23.1 Å². The van der Waals surface area contributed by atoms with Crippen LogP contribution in [-0.2, 0) is 6.54 Å². The number of hydrogen-bond donors (Lipinski definition) is 1. The van der Waals surface area contributed by atoms with Crippen molar-refractivity contribution in [3.8, 4) is 22.4 Å². The number of nitrogens with zero attached hydrogens (tertiary/aromatic N) is 2. The van der Waals surface area contributed by atoms with E-state index < -0.39 is 18.8 Å². The molecule has 3 aromatic rings. The van der Waals surface area contributed by atoms with Gasteiger partial charge in [-0.15, -0.1) is 0 Å². The third-order valence-corrected chi connectivity index (χ3v) is 4.15. The lowest BCUT2D eigenvalue weighted by molar-refractivity contribution is -0.208. The molecular formula is C20H17F3N2O2. The molecule has 1 aromatic heterocycles. The van der Waals surface area contributed by atoms with E-state index in [4.69, 9.17) is 0 Å². The second kappa shape index (κ2) is 7.36. The van der Waals surface area contributed by atoms with Crippen molar-refractivity contribution in [2.45, 2.75) is 25.7 Å². The van der Waals surface area contributed by atoms with E-state index in [1.807, 2.05) is 24.3 Å². The Morgan fingerprint density at radius 2 is 1.81 bits per heavy atom. The summed E-state index contributed by atoms with van der Waals surface area (Å²) >= 11 is 0. The van der Waals surface area contributed by atoms with Crippen LogP contribution in [0.4, 0.5) is 13.2 Å². The van der Waals surface area contributed by atoms with Crippen molar-refractivity contribution in [2.75, 3.05) is 0 Å². The second-order valence-electron chi connectivity index (χ2n) is 6.16. The van der Waals surface area contributed by atoms with Gasteiger partial charge in [-0.05, 0) is 30.2 Å². The molecule has 0 aliphatic heterocycles. The number of Topliss-reactive ketones (excluding diaryl/α,β-unsaturated/α-hetero) is 1. The normalized spacial score (nSPS) is 12.8. The molecule has 0 aliphatic rings. The van der Waals surface area contributed by atoms with Crippen LogP contribution >= 0.6 is 0 Å². The topological polar surface area (TPSA) is 55.1 Å². The Morgan fingerprint density at radius 3 is 2.52 bits per heavy atom. The molecule has 0 spiro atoms. The van der Waals surface area contributed by atoms with Crippen LogP contribution in [0.3, 0.4) is 0 Å². The zero-order chi connectivity index (χ0) is 19.6. The average Bonchev–Trinajstić information content (AvgIpc) is 3.09. The van der Waals surface area contributed by atoms with Gasteiger partial charge in [0.25, 0.3) is 0 Å². The number of aliphatic hydroxyl groups excluding tert-OH is 1. The highest BCUT2D eigenvalue weighted by molar-refractivity contribution is 6.01. The van der Waals surface area contributed by atoms with Gasteiger partial charge in [0, 0.05) is 17.3 Å². The number of alkyl halides is 3. The number of carbonyl (C=O) groups excluding carboxylic acids is 1. The van der Waals surface area contributed by atoms with Gasteiger partial charge in [-0.3, -0.25) is 9.48 Å². The number of carbonyl (C=O) groups is 1.